The summed E-state index contributed by atoms with van der Waals surface area (Å²) in [5, 5.41) is 18.4. The van der Waals surface area contributed by atoms with Crippen molar-refractivity contribution in [2.75, 3.05) is 6.54 Å². The highest BCUT2D eigenvalue weighted by molar-refractivity contribution is 7.13. The van der Waals surface area contributed by atoms with Crippen molar-refractivity contribution in [2.24, 2.45) is 0 Å². The molecule has 0 aliphatic heterocycles. The second kappa shape index (κ2) is 7.48. The van der Waals surface area contributed by atoms with Crippen LogP contribution in [0.3, 0.4) is 0 Å². The van der Waals surface area contributed by atoms with E-state index in [4.69, 9.17) is 4.42 Å². The zero-order valence-corrected chi connectivity index (χ0v) is 15.8. The third-order valence-corrected chi connectivity index (χ3v) is 6.10. The molecule has 0 saturated heterocycles. The summed E-state index contributed by atoms with van der Waals surface area (Å²) in [5.74, 6) is -0.327. The molecular weight excluding hydrogens is 380 g/mol. The second-order valence-electron chi connectivity index (χ2n) is 5.94. The first-order chi connectivity index (χ1) is 13.2. The average Bonchev–Trinajstić information content (AvgIpc) is 3.48. The normalized spacial score (nSPS) is 13.2. The number of hydrogen-bond acceptors (Lipinski definition) is 6. The van der Waals surface area contributed by atoms with Crippen LogP contribution in [-0.4, -0.2) is 22.5 Å². The molecule has 3 aromatic heterocycles. The first-order valence-electron chi connectivity index (χ1n) is 8.25. The van der Waals surface area contributed by atoms with Gasteiger partial charge in [0.1, 0.15) is 16.3 Å². The number of amides is 1. The number of hydrogen-bond donors (Lipinski definition) is 2. The highest BCUT2D eigenvalue weighted by atomic mass is 32.1. The Morgan fingerprint density at radius 1 is 1.15 bits per heavy atom. The molecule has 0 bridgehead atoms. The highest BCUT2D eigenvalue weighted by Crippen LogP contribution is 2.32. The largest absolute Gasteiger partial charge is 0.472 e. The van der Waals surface area contributed by atoms with Gasteiger partial charge in [-0.1, -0.05) is 36.4 Å². The van der Waals surface area contributed by atoms with Gasteiger partial charge in [0.2, 0.25) is 0 Å². The van der Waals surface area contributed by atoms with Gasteiger partial charge < -0.3 is 14.8 Å². The molecule has 1 atom stereocenters. The summed E-state index contributed by atoms with van der Waals surface area (Å²) >= 11 is 2.83. The molecule has 0 fully saturated rings. The predicted octanol–water partition coefficient (Wildman–Crippen LogP) is 4.13. The number of nitrogens with one attached hydrogen (secondary N) is 1. The second-order valence-corrected chi connectivity index (χ2v) is 7.74. The lowest BCUT2D eigenvalue weighted by Gasteiger charge is -2.26. The van der Waals surface area contributed by atoms with E-state index in [2.05, 4.69) is 10.3 Å². The summed E-state index contributed by atoms with van der Waals surface area (Å²) in [6.07, 6.45) is 2.99. The maximum Gasteiger partial charge on any atom is 0.270 e. The number of rotatable bonds is 6. The number of furan rings is 1. The Bertz CT molecular complexity index is 975. The zero-order valence-electron chi connectivity index (χ0n) is 14.2. The van der Waals surface area contributed by atoms with Gasteiger partial charge in [-0.2, -0.15) is 0 Å². The van der Waals surface area contributed by atoms with Crippen LogP contribution in [0.4, 0.5) is 0 Å². The molecule has 0 saturated carbocycles. The smallest absolute Gasteiger partial charge is 0.270 e. The summed E-state index contributed by atoms with van der Waals surface area (Å²) < 4.78 is 5.12. The van der Waals surface area contributed by atoms with Crippen molar-refractivity contribution in [3.05, 3.63) is 88.0 Å². The molecule has 1 amide bonds. The molecule has 136 valence electrons. The summed E-state index contributed by atoms with van der Waals surface area (Å²) in [5.41, 5.74) is 0.540. The summed E-state index contributed by atoms with van der Waals surface area (Å²) in [7, 11) is 0. The quantitative estimate of drug-likeness (QED) is 0.514. The maximum atomic E-state index is 12.6. The molecule has 0 aliphatic carbocycles. The summed E-state index contributed by atoms with van der Waals surface area (Å²) in [6.45, 7) is 0.0179. The number of carbonyl (C=O) groups is 1. The maximum absolute atomic E-state index is 12.6. The molecule has 2 N–H and O–H groups in total. The van der Waals surface area contributed by atoms with Gasteiger partial charge in [0.05, 0.1) is 19.1 Å². The fourth-order valence-corrected chi connectivity index (χ4v) is 4.39. The predicted molar refractivity (Wildman–Crippen MR) is 106 cm³/mol. The van der Waals surface area contributed by atoms with Crippen molar-refractivity contribution in [2.45, 2.75) is 5.60 Å². The van der Waals surface area contributed by atoms with Crippen molar-refractivity contribution in [1.82, 2.24) is 10.3 Å². The number of nitrogens with zero attached hydrogens (tertiary/aromatic N) is 1. The monoisotopic (exact) mass is 396 g/mol. The minimum absolute atomic E-state index is 0.0179. The number of thiazole rings is 1. The van der Waals surface area contributed by atoms with Gasteiger partial charge >= 0.3 is 0 Å². The molecule has 3 heterocycles. The molecule has 5 nitrogen and oxygen atoms in total. The van der Waals surface area contributed by atoms with Crippen molar-refractivity contribution >= 4 is 28.6 Å². The van der Waals surface area contributed by atoms with E-state index in [-0.39, 0.29) is 12.5 Å². The van der Waals surface area contributed by atoms with Gasteiger partial charge in [-0.25, -0.2) is 4.98 Å². The van der Waals surface area contributed by atoms with E-state index >= 15 is 0 Å². The topological polar surface area (TPSA) is 75.4 Å². The Morgan fingerprint density at radius 2 is 2.00 bits per heavy atom. The fraction of sp³-hybridized carbons (Fsp3) is 0.100. The number of aliphatic hydroxyl groups is 1. The standard InChI is InChI=1S/C20H16N2O3S2/c23-18(16-12-27-19(22-16)14-5-2-1-3-6-14)21-13-20(24,15-8-9-25-11-15)17-7-4-10-26-17/h1-12,24H,13H2,(H,21,23)/t20-/m1/s1. The fourth-order valence-electron chi connectivity index (χ4n) is 2.74. The van der Waals surface area contributed by atoms with E-state index in [0.29, 0.717) is 11.3 Å². The van der Waals surface area contributed by atoms with E-state index in [0.717, 1.165) is 15.4 Å². The highest BCUT2D eigenvalue weighted by Gasteiger charge is 2.34. The summed E-state index contributed by atoms with van der Waals surface area (Å²) in [4.78, 5) is 17.7. The average molecular weight is 396 g/mol. The molecule has 0 unspecified atom stereocenters. The Kier molecular flexibility index (Phi) is 4.89. The molecule has 7 heteroatoms. The molecule has 27 heavy (non-hydrogen) atoms. The number of thiophene rings is 1. The van der Waals surface area contributed by atoms with Crippen molar-refractivity contribution < 1.29 is 14.3 Å². The van der Waals surface area contributed by atoms with E-state index in [1.54, 1.807) is 11.4 Å². The van der Waals surface area contributed by atoms with Crippen LogP contribution in [0.1, 0.15) is 20.9 Å². The van der Waals surface area contributed by atoms with E-state index < -0.39 is 5.60 Å². The van der Waals surface area contributed by atoms with Crippen molar-refractivity contribution in [3.8, 4) is 10.6 Å². The Morgan fingerprint density at radius 3 is 2.70 bits per heavy atom. The van der Waals surface area contributed by atoms with Gasteiger partial charge in [0, 0.05) is 21.4 Å². The van der Waals surface area contributed by atoms with Crippen LogP contribution in [0.25, 0.3) is 10.6 Å². The third-order valence-electron chi connectivity index (χ3n) is 4.19. The molecule has 0 radical (unpaired) electrons. The van der Waals surface area contributed by atoms with Gasteiger partial charge in [0.25, 0.3) is 5.91 Å². The molecule has 0 spiro atoms. The third kappa shape index (κ3) is 3.57. The van der Waals surface area contributed by atoms with Gasteiger partial charge in [0.15, 0.2) is 0 Å². The number of carbonyl (C=O) groups excluding carboxylic acids is 1. The van der Waals surface area contributed by atoms with Crippen LogP contribution in [-0.2, 0) is 5.60 Å². The van der Waals surface area contributed by atoms with Gasteiger partial charge in [-0.3, -0.25) is 4.79 Å². The first kappa shape index (κ1) is 17.7. The van der Waals surface area contributed by atoms with Crippen molar-refractivity contribution in [3.63, 3.8) is 0 Å². The van der Waals surface area contributed by atoms with Gasteiger partial charge in [-0.15, -0.1) is 22.7 Å². The lowest BCUT2D eigenvalue weighted by atomic mass is 9.94. The Labute approximate surface area is 163 Å². The lowest BCUT2D eigenvalue weighted by molar-refractivity contribution is 0.0712. The number of benzene rings is 1. The SMILES string of the molecule is O=C(NC[C@@](O)(c1ccoc1)c1cccs1)c1csc(-c2ccccc2)n1. The molecule has 0 aliphatic rings. The van der Waals surface area contributed by atoms with Crippen LogP contribution >= 0.6 is 22.7 Å². The molecule has 1 aromatic carbocycles. The van der Waals surface area contributed by atoms with E-state index in [1.807, 2.05) is 47.8 Å². The number of aromatic nitrogens is 1. The molecule has 4 aromatic rings. The van der Waals surface area contributed by atoms with Crippen LogP contribution in [0.5, 0.6) is 0 Å². The minimum Gasteiger partial charge on any atom is -0.472 e. The first-order valence-corrected chi connectivity index (χ1v) is 10.0. The van der Waals surface area contributed by atoms with Crippen LogP contribution in [0.15, 0.2) is 76.2 Å². The van der Waals surface area contributed by atoms with Crippen molar-refractivity contribution in [1.29, 1.82) is 0 Å². The molecular formula is C20H16N2O3S2. The zero-order chi connectivity index (χ0) is 18.7. The van der Waals surface area contributed by atoms with E-state index in [9.17, 15) is 9.90 Å². The molecule has 4 rings (SSSR count). The van der Waals surface area contributed by atoms with Gasteiger partial charge in [-0.05, 0) is 17.5 Å². The van der Waals surface area contributed by atoms with Crippen LogP contribution in [0, 0.1) is 0 Å². The summed E-state index contributed by atoms with van der Waals surface area (Å²) in [6, 6.07) is 15.1. The Balaban J connectivity index is 1.52. The van der Waals surface area contributed by atoms with E-state index in [1.165, 1.54) is 35.2 Å². The minimum atomic E-state index is -1.35. The lowest BCUT2D eigenvalue weighted by Crippen LogP contribution is -2.41. The van der Waals surface area contributed by atoms with Crippen LogP contribution < -0.4 is 5.32 Å². The van der Waals surface area contributed by atoms with Crippen LogP contribution in [0.2, 0.25) is 0 Å². The Hall–Kier alpha value is -2.74.